The topological polar surface area (TPSA) is 136 Å². The molecule has 2 aromatic heterocycles. The van der Waals surface area contributed by atoms with E-state index in [-0.39, 0.29) is 24.5 Å². The van der Waals surface area contributed by atoms with Crippen molar-refractivity contribution < 1.29 is 23.1 Å². The molecule has 3 aliphatic heterocycles. The Morgan fingerprint density at radius 2 is 1.33 bits per heavy atom. The maximum atomic E-state index is 12.8. The average Bonchev–Trinajstić information content (AvgIpc) is 3.52. The molecular weight excluding hydrogens is 711 g/mol. The van der Waals surface area contributed by atoms with Crippen LogP contribution in [-0.4, -0.2) is 77.7 Å². The summed E-state index contributed by atoms with van der Waals surface area (Å²) in [6, 6.07) is 14.5. The molecule has 1 atom stereocenters. The van der Waals surface area contributed by atoms with Gasteiger partial charge in [-0.25, -0.2) is 13.1 Å². The summed E-state index contributed by atoms with van der Waals surface area (Å²) in [5, 5.41) is 10.4. The number of benzene rings is 2. The van der Waals surface area contributed by atoms with Gasteiger partial charge in [-0.15, -0.1) is 0 Å². The molecule has 1 fully saturated rings. The second kappa shape index (κ2) is 15.8. The average molecular weight is 752 g/mol. The molecule has 1 saturated heterocycles. The van der Waals surface area contributed by atoms with E-state index in [9.17, 15) is 23.1 Å². The molecule has 268 valence electrons. The van der Waals surface area contributed by atoms with Crippen LogP contribution >= 0.6 is 23.2 Å². The molecule has 7 rings (SSSR count). The molecule has 2 aromatic carbocycles. The zero-order chi connectivity index (χ0) is 36.3. The summed E-state index contributed by atoms with van der Waals surface area (Å²) in [7, 11) is -3.36. The van der Waals surface area contributed by atoms with E-state index in [1.165, 1.54) is 0 Å². The predicted octanol–water partition coefficient (Wildman–Crippen LogP) is 5.27. The van der Waals surface area contributed by atoms with Crippen LogP contribution in [0.1, 0.15) is 63.2 Å². The van der Waals surface area contributed by atoms with E-state index in [1.54, 1.807) is 72.6 Å². The lowest BCUT2D eigenvalue weighted by atomic mass is 9.98. The third kappa shape index (κ3) is 8.77. The number of nitrogens with one attached hydrogen (secondary N) is 1. The summed E-state index contributed by atoms with van der Waals surface area (Å²) in [5.74, 6) is -0.113. The summed E-state index contributed by atoms with van der Waals surface area (Å²) < 4.78 is 26.4. The van der Waals surface area contributed by atoms with Gasteiger partial charge < -0.3 is 14.9 Å². The fourth-order valence-electron chi connectivity index (χ4n) is 6.40. The fraction of sp³-hybridized carbons (Fsp3) is 0.351. The van der Waals surface area contributed by atoms with Gasteiger partial charge in [-0.1, -0.05) is 23.2 Å². The van der Waals surface area contributed by atoms with Gasteiger partial charge >= 0.3 is 0 Å². The molecule has 5 heterocycles. The number of hydrogen-bond donors (Lipinski definition) is 2. The lowest BCUT2D eigenvalue weighted by Crippen LogP contribution is -2.37. The summed E-state index contributed by atoms with van der Waals surface area (Å²) in [5.41, 5.74) is 6.51. The van der Waals surface area contributed by atoms with Gasteiger partial charge in [-0.2, -0.15) is 0 Å². The molecule has 51 heavy (non-hydrogen) atoms. The Morgan fingerprint density at radius 3 is 1.84 bits per heavy atom. The summed E-state index contributed by atoms with van der Waals surface area (Å²) in [6.45, 7) is 6.85. The molecule has 1 unspecified atom stereocenters. The first-order valence-corrected chi connectivity index (χ1v) is 19.2. The number of halogens is 2. The van der Waals surface area contributed by atoms with E-state index < -0.39 is 15.3 Å². The number of aromatic nitrogens is 2. The maximum absolute atomic E-state index is 12.8. The number of anilines is 2. The number of amides is 2. The van der Waals surface area contributed by atoms with Crippen LogP contribution in [0.3, 0.4) is 0 Å². The smallest absolute Gasteiger partial charge is 0.258 e. The van der Waals surface area contributed by atoms with Gasteiger partial charge in [0.15, 0.2) is 0 Å². The zero-order valence-electron chi connectivity index (χ0n) is 28.4. The Bertz CT molecular complexity index is 2050. The van der Waals surface area contributed by atoms with Crippen molar-refractivity contribution in [2.24, 2.45) is 0 Å². The molecular formula is C37H40Cl2N6O5S. The minimum Gasteiger partial charge on any atom is -0.392 e. The molecule has 3 aliphatic rings. The molecule has 4 aromatic rings. The standard InChI is InChI=1S/C19H20ClN3O2.C18H20ClN3O3S/c20-15-1-2-18-14(8-15)3-6-23(19(18)25)16-7-13(9-21-10-16)11-22-5-4-17(24)12-22;1-12(2)26(24,25)21-10-13-7-16(11-20-9-13)22-6-5-14-8-15(19)3-4-17(14)18(22)23/h1-2,7-10,17,24H,3-6,11-12H2;3-4,7-9,11-12,21H,5-6,10H2,1-2H3. The van der Waals surface area contributed by atoms with Crippen molar-refractivity contribution in [3.8, 4) is 0 Å². The highest BCUT2D eigenvalue weighted by Gasteiger charge is 2.28. The van der Waals surface area contributed by atoms with E-state index in [0.717, 1.165) is 48.3 Å². The number of aliphatic hydroxyl groups excluding tert-OH is 1. The quantitative estimate of drug-likeness (QED) is 0.249. The van der Waals surface area contributed by atoms with Crippen LogP contribution in [-0.2, 0) is 36.0 Å². The fourth-order valence-corrected chi connectivity index (χ4v) is 7.49. The first-order valence-electron chi connectivity index (χ1n) is 16.9. The van der Waals surface area contributed by atoms with Gasteiger partial charge in [0.05, 0.1) is 35.1 Å². The Labute approximate surface area is 308 Å². The molecule has 0 bridgehead atoms. The SMILES string of the molecule is CC(C)S(=O)(=O)NCc1cncc(N2CCc3cc(Cl)ccc3C2=O)c1.O=C1c2ccc(Cl)cc2CCN1c1cncc(CN2CCC(O)C2)c1. The highest BCUT2D eigenvalue weighted by molar-refractivity contribution is 7.90. The van der Waals surface area contributed by atoms with Gasteiger partial charge in [0.25, 0.3) is 11.8 Å². The number of aliphatic hydroxyl groups is 1. The van der Waals surface area contributed by atoms with Crippen molar-refractivity contribution in [1.82, 2.24) is 19.6 Å². The third-order valence-corrected chi connectivity index (χ3v) is 11.5. The second-order valence-electron chi connectivity index (χ2n) is 13.2. The van der Waals surface area contributed by atoms with Crippen molar-refractivity contribution in [3.63, 3.8) is 0 Å². The Balaban J connectivity index is 0.000000176. The van der Waals surface area contributed by atoms with E-state index in [1.807, 2.05) is 24.4 Å². The monoisotopic (exact) mass is 750 g/mol. The van der Waals surface area contributed by atoms with Crippen LogP contribution in [0.15, 0.2) is 73.3 Å². The summed E-state index contributed by atoms with van der Waals surface area (Å²) >= 11 is 12.0. The van der Waals surface area contributed by atoms with E-state index in [2.05, 4.69) is 19.6 Å². The number of β-amino-alcohol motifs (C(OH)–C–C–N with tert-alkyl or cyclic N) is 1. The summed E-state index contributed by atoms with van der Waals surface area (Å²) in [6.07, 6.45) is 8.83. The number of nitrogens with zero attached hydrogens (tertiary/aromatic N) is 5. The number of carbonyl (C=O) groups is 2. The number of rotatable bonds is 8. The Morgan fingerprint density at radius 1 is 0.804 bits per heavy atom. The highest BCUT2D eigenvalue weighted by atomic mass is 35.5. The van der Waals surface area contributed by atoms with Gasteiger partial charge in [0.1, 0.15) is 0 Å². The predicted molar refractivity (Wildman–Crippen MR) is 199 cm³/mol. The van der Waals surface area contributed by atoms with Gasteiger partial charge in [-0.3, -0.25) is 24.5 Å². The van der Waals surface area contributed by atoms with Crippen LogP contribution in [0, 0.1) is 0 Å². The van der Waals surface area contributed by atoms with Crippen LogP contribution < -0.4 is 14.5 Å². The molecule has 11 nitrogen and oxygen atoms in total. The number of likely N-dealkylation sites (tertiary alicyclic amines) is 1. The highest BCUT2D eigenvalue weighted by Crippen LogP contribution is 2.28. The molecule has 0 aliphatic carbocycles. The zero-order valence-corrected chi connectivity index (χ0v) is 30.8. The number of hydrogen-bond acceptors (Lipinski definition) is 8. The normalized spacial score (nSPS) is 17.6. The lowest BCUT2D eigenvalue weighted by molar-refractivity contribution is 0.0972. The third-order valence-electron chi connectivity index (χ3n) is 9.23. The Hall–Kier alpha value is -3.91. The molecule has 0 spiro atoms. The number of fused-ring (bicyclic) bond motifs is 2. The molecule has 2 N–H and O–H groups in total. The van der Waals surface area contributed by atoms with Crippen molar-refractivity contribution in [2.75, 3.05) is 36.0 Å². The molecule has 0 radical (unpaired) electrons. The second-order valence-corrected chi connectivity index (χ2v) is 16.4. The van der Waals surface area contributed by atoms with Crippen LogP contribution in [0.5, 0.6) is 0 Å². The Kier molecular flexibility index (Phi) is 11.4. The molecule has 14 heteroatoms. The van der Waals surface area contributed by atoms with Crippen molar-refractivity contribution in [1.29, 1.82) is 0 Å². The number of carbonyl (C=O) groups excluding carboxylic acids is 2. The largest absolute Gasteiger partial charge is 0.392 e. The van der Waals surface area contributed by atoms with Crippen LogP contribution in [0.4, 0.5) is 11.4 Å². The van der Waals surface area contributed by atoms with Gasteiger partial charge in [-0.05, 0) is 104 Å². The van der Waals surface area contributed by atoms with Crippen molar-refractivity contribution >= 4 is 56.4 Å². The van der Waals surface area contributed by atoms with Crippen molar-refractivity contribution in [3.05, 3.63) is 117 Å². The lowest BCUT2D eigenvalue weighted by Gasteiger charge is -2.29. The minimum atomic E-state index is -3.36. The minimum absolute atomic E-state index is 0.00605. The maximum Gasteiger partial charge on any atom is 0.258 e. The van der Waals surface area contributed by atoms with Crippen molar-refractivity contribution in [2.45, 2.75) is 57.6 Å². The van der Waals surface area contributed by atoms with E-state index in [4.69, 9.17) is 23.2 Å². The van der Waals surface area contributed by atoms with Crippen LogP contribution in [0.25, 0.3) is 0 Å². The van der Waals surface area contributed by atoms with Gasteiger partial charge in [0.2, 0.25) is 10.0 Å². The first kappa shape index (κ1) is 36.9. The first-order chi connectivity index (χ1) is 24.4. The number of pyridine rings is 2. The van der Waals surface area contributed by atoms with Crippen LogP contribution in [0.2, 0.25) is 10.0 Å². The molecule has 0 saturated carbocycles. The van der Waals surface area contributed by atoms with Gasteiger partial charge in [0, 0.05) is 72.8 Å². The van der Waals surface area contributed by atoms with E-state index in [0.29, 0.717) is 58.5 Å². The molecule has 2 amide bonds. The summed E-state index contributed by atoms with van der Waals surface area (Å²) in [4.78, 5) is 39.8. The van der Waals surface area contributed by atoms with E-state index >= 15 is 0 Å². The number of sulfonamides is 1.